The largest absolute Gasteiger partial charge is 0.465 e. The predicted octanol–water partition coefficient (Wildman–Crippen LogP) is 1.20. The van der Waals surface area contributed by atoms with E-state index in [0.717, 1.165) is 5.56 Å². The van der Waals surface area contributed by atoms with Gasteiger partial charge in [0, 0.05) is 6.04 Å². The molecule has 0 aliphatic rings. The standard InChI is InChI=1S/C14H22N2O4S/c1-5-20-14(17)11(3)16-21(18,19)13-8-6-12(7-9-13)10(2)15-4/h6-11,15-16H,5H2,1-4H3. The Morgan fingerprint density at radius 2 is 1.81 bits per heavy atom. The minimum atomic E-state index is -3.74. The van der Waals surface area contributed by atoms with Gasteiger partial charge in [-0.1, -0.05) is 12.1 Å². The fraction of sp³-hybridized carbons (Fsp3) is 0.500. The van der Waals surface area contributed by atoms with Gasteiger partial charge in [0.05, 0.1) is 11.5 Å². The van der Waals surface area contributed by atoms with E-state index in [1.165, 1.54) is 19.1 Å². The van der Waals surface area contributed by atoms with Gasteiger partial charge >= 0.3 is 5.97 Å². The molecule has 2 N–H and O–H groups in total. The van der Waals surface area contributed by atoms with Crippen LogP contribution in [0.3, 0.4) is 0 Å². The molecule has 1 aromatic rings. The summed E-state index contributed by atoms with van der Waals surface area (Å²) in [4.78, 5) is 11.6. The second-order valence-corrected chi connectivity index (χ2v) is 6.39. The van der Waals surface area contributed by atoms with Crippen LogP contribution in [0.1, 0.15) is 32.4 Å². The zero-order chi connectivity index (χ0) is 16.0. The van der Waals surface area contributed by atoms with Crippen molar-refractivity contribution in [2.24, 2.45) is 0 Å². The number of ether oxygens (including phenoxy) is 1. The molecule has 0 fully saturated rings. The Morgan fingerprint density at radius 3 is 2.29 bits per heavy atom. The van der Waals surface area contributed by atoms with Crippen molar-refractivity contribution in [2.45, 2.75) is 37.8 Å². The van der Waals surface area contributed by atoms with Gasteiger partial charge in [0.1, 0.15) is 6.04 Å². The molecule has 0 bridgehead atoms. The van der Waals surface area contributed by atoms with E-state index in [1.807, 2.05) is 14.0 Å². The Morgan fingerprint density at radius 1 is 1.24 bits per heavy atom. The van der Waals surface area contributed by atoms with E-state index in [2.05, 4.69) is 10.0 Å². The molecule has 0 heterocycles. The molecule has 0 saturated carbocycles. The van der Waals surface area contributed by atoms with Gasteiger partial charge in [0.25, 0.3) is 0 Å². The van der Waals surface area contributed by atoms with Crippen LogP contribution < -0.4 is 10.0 Å². The summed E-state index contributed by atoms with van der Waals surface area (Å²) in [5.41, 5.74) is 0.981. The number of rotatable bonds is 7. The number of sulfonamides is 1. The lowest BCUT2D eigenvalue weighted by Crippen LogP contribution is -2.39. The molecular weight excluding hydrogens is 292 g/mol. The molecule has 0 radical (unpaired) electrons. The zero-order valence-corrected chi connectivity index (χ0v) is 13.5. The minimum absolute atomic E-state index is 0.116. The van der Waals surface area contributed by atoms with Gasteiger partial charge in [0.15, 0.2) is 0 Å². The first kappa shape index (κ1) is 17.6. The van der Waals surface area contributed by atoms with Crippen molar-refractivity contribution in [1.82, 2.24) is 10.0 Å². The summed E-state index contributed by atoms with van der Waals surface area (Å²) >= 11 is 0. The van der Waals surface area contributed by atoms with Gasteiger partial charge in [-0.25, -0.2) is 8.42 Å². The van der Waals surface area contributed by atoms with Crippen molar-refractivity contribution >= 4 is 16.0 Å². The summed E-state index contributed by atoms with van der Waals surface area (Å²) < 4.78 is 31.4. The lowest BCUT2D eigenvalue weighted by Gasteiger charge is -2.14. The summed E-state index contributed by atoms with van der Waals surface area (Å²) in [6.07, 6.45) is 0. The lowest BCUT2D eigenvalue weighted by molar-refractivity contribution is -0.144. The molecule has 1 aromatic carbocycles. The van der Waals surface area contributed by atoms with Gasteiger partial charge in [-0.2, -0.15) is 4.72 Å². The van der Waals surface area contributed by atoms with E-state index in [0.29, 0.717) is 0 Å². The van der Waals surface area contributed by atoms with E-state index in [-0.39, 0.29) is 17.5 Å². The maximum absolute atomic E-state index is 12.2. The Hall–Kier alpha value is -1.44. The third kappa shape index (κ3) is 4.80. The number of esters is 1. The first-order valence-corrected chi connectivity index (χ1v) is 8.26. The molecule has 7 heteroatoms. The molecule has 6 nitrogen and oxygen atoms in total. The first-order chi connectivity index (χ1) is 9.81. The van der Waals surface area contributed by atoms with Gasteiger partial charge in [-0.05, 0) is 45.5 Å². The fourth-order valence-electron chi connectivity index (χ4n) is 1.72. The van der Waals surface area contributed by atoms with E-state index < -0.39 is 22.0 Å². The van der Waals surface area contributed by atoms with Crippen LogP contribution in [0, 0.1) is 0 Å². The molecule has 0 aromatic heterocycles. The third-order valence-corrected chi connectivity index (χ3v) is 4.65. The van der Waals surface area contributed by atoms with Crippen molar-refractivity contribution in [3.63, 3.8) is 0 Å². The Bertz CT molecular complexity index is 569. The van der Waals surface area contributed by atoms with Crippen molar-refractivity contribution < 1.29 is 17.9 Å². The summed E-state index contributed by atoms with van der Waals surface area (Å²) in [5.74, 6) is -0.596. The number of hydrogen-bond donors (Lipinski definition) is 2. The van der Waals surface area contributed by atoms with Crippen LogP contribution in [0.4, 0.5) is 0 Å². The number of nitrogens with one attached hydrogen (secondary N) is 2. The average molecular weight is 314 g/mol. The molecule has 0 aliphatic carbocycles. The maximum atomic E-state index is 12.2. The summed E-state index contributed by atoms with van der Waals surface area (Å²) in [7, 11) is -1.91. The molecule has 0 amide bonds. The number of benzene rings is 1. The van der Waals surface area contributed by atoms with E-state index in [1.54, 1.807) is 19.1 Å². The van der Waals surface area contributed by atoms with Gasteiger partial charge < -0.3 is 10.1 Å². The van der Waals surface area contributed by atoms with Crippen LogP contribution in [-0.2, 0) is 19.6 Å². The SMILES string of the molecule is CCOC(=O)C(C)NS(=O)(=O)c1ccc(C(C)NC)cc1. The second kappa shape index (κ2) is 7.53. The van der Waals surface area contributed by atoms with Crippen LogP contribution >= 0.6 is 0 Å². The lowest BCUT2D eigenvalue weighted by atomic mass is 10.1. The predicted molar refractivity (Wildman–Crippen MR) is 80.3 cm³/mol. The molecule has 2 atom stereocenters. The smallest absolute Gasteiger partial charge is 0.323 e. The molecule has 1 rings (SSSR count). The first-order valence-electron chi connectivity index (χ1n) is 6.78. The van der Waals surface area contributed by atoms with Crippen molar-refractivity contribution in [1.29, 1.82) is 0 Å². The highest BCUT2D eigenvalue weighted by atomic mass is 32.2. The average Bonchev–Trinajstić information content (AvgIpc) is 2.46. The Kier molecular flexibility index (Phi) is 6.32. The van der Waals surface area contributed by atoms with Crippen LogP contribution in [0.2, 0.25) is 0 Å². The Labute approximate surface area is 125 Å². The van der Waals surface area contributed by atoms with Crippen molar-refractivity contribution in [3.8, 4) is 0 Å². The molecular formula is C14H22N2O4S. The van der Waals surface area contributed by atoms with Crippen LogP contribution in [0.15, 0.2) is 29.2 Å². The molecule has 0 saturated heterocycles. The molecule has 21 heavy (non-hydrogen) atoms. The van der Waals surface area contributed by atoms with Gasteiger partial charge in [0.2, 0.25) is 10.0 Å². The van der Waals surface area contributed by atoms with Crippen LogP contribution in [0.25, 0.3) is 0 Å². The zero-order valence-electron chi connectivity index (χ0n) is 12.7. The number of carbonyl (C=O) groups excluding carboxylic acids is 1. The quantitative estimate of drug-likeness (QED) is 0.739. The fourth-order valence-corrected chi connectivity index (χ4v) is 2.91. The normalized spacial score (nSPS) is 14.5. The summed E-state index contributed by atoms with van der Waals surface area (Å²) in [5, 5.41) is 3.07. The highest BCUT2D eigenvalue weighted by Gasteiger charge is 2.22. The van der Waals surface area contributed by atoms with E-state index >= 15 is 0 Å². The monoisotopic (exact) mass is 314 g/mol. The van der Waals surface area contributed by atoms with Crippen LogP contribution in [0.5, 0.6) is 0 Å². The van der Waals surface area contributed by atoms with E-state index in [9.17, 15) is 13.2 Å². The van der Waals surface area contributed by atoms with Crippen molar-refractivity contribution in [3.05, 3.63) is 29.8 Å². The maximum Gasteiger partial charge on any atom is 0.323 e. The van der Waals surface area contributed by atoms with Gasteiger partial charge in [-0.15, -0.1) is 0 Å². The Balaban J connectivity index is 2.85. The highest BCUT2D eigenvalue weighted by Crippen LogP contribution is 2.16. The topological polar surface area (TPSA) is 84.5 Å². The van der Waals surface area contributed by atoms with E-state index in [4.69, 9.17) is 4.74 Å². The molecule has 118 valence electrons. The summed E-state index contributed by atoms with van der Waals surface area (Å²) in [6.45, 7) is 5.31. The second-order valence-electron chi connectivity index (χ2n) is 4.67. The molecule has 2 unspecified atom stereocenters. The number of carbonyl (C=O) groups is 1. The summed E-state index contributed by atoms with van der Waals surface area (Å²) in [6, 6.07) is 5.72. The van der Waals surface area contributed by atoms with Crippen LogP contribution in [-0.4, -0.2) is 34.1 Å². The highest BCUT2D eigenvalue weighted by molar-refractivity contribution is 7.89. The third-order valence-electron chi connectivity index (χ3n) is 3.10. The molecule has 0 spiro atoms. The number of hydrogen-bond acceptors (Lipinski definition) is 5. The van der Waals surface area contributed by atoms with Crippen molar-refractivity contribution in [2.75, 3.05) is 13.7 Å². The van der Waals surface area contributed by atoms with Gasteiger partial charge in [-0.3, -0.25) is 4.79 Å². The minimum Gasteiger partial charge on any atom is -0.465 e. The molecule has 0 aliphatic heterocycles.